The Labute approximate surface area is 121 Å². The van der Waals surface area contributed by atoms with Gasteiger partial charge in [0, 0.05) is 32.2 Å². The van der Waals surface area contributed by atoms with Crippen LogP contribution in [0.5, 0.6) is 0 Å². The Morgan fingerprint density at radius 3 is 2.81 bits per heavy atom. The molecule has 0 saturated heterocycles. The van der Waals surface area contributed by atoms with Gasteiger partial charge in [0.2, 0.25) is 11.9 Å². The average molecular weight is 284 g/mol. The summed E-state index contributed by atoms with van der Waals surface area (Å²) >= 11 is 0. The van der Waals surface area contributed by atoms with Crippen molar-refractivity contribution >= 4 is 5.95 Å². The summed E-state index contributed by atoms with van der Waals surface area (Å²) in [7, 11) is 1.86. The SMILES string of the molecule is CCCNc1nc(-c2cnn(C)c2)nc(-n2ccnc2)n1. The van der Waals surface area contributed by atoms with E-state index in [1.54, 1.807) is 34.2 Å². The monoisotopic (exact) mass is 284 g/mol. The fourth-order valence-corrected chi connectivity index (χ4v) is 1.84. The van der Waals surface area contributed by atoms with Crippen LogP contribution in [-0.2, 0) is 7.05 Å². The first-order valence-corrected chi connectivity index (χ1v) is 6.73. The van der Waals surface area contributed by atoms with Crippen LogP contribution in [0.3, 0.4) is 0 Å². The molecular formula is C13H16N8. The van der Waals surface area contributed by atoms with Crippen LogP contribution in [0.2, 0.25) is 0 Å². The van der Waals surface area contributed by atoms with Crippen molar-refractivity contribution in [2.75, 3.05) is 11.9 Å². The van der Waals surface area contributed by atoms with Crippen LogP contribution < -0.4 is 5.32 Å². The number of rotatable bonds is 5. The largest absolute Gasteiger partial charge is 0.354 e. The number of aromatic nitrogens is 7. The number of imidazole rings is 1. The van der Waals surface area contributed by atoms with E-state index in [1.807, 2.05) is 13.2 Å². The molecular weight excluding hydrogens is 268 g/mol. The average Bonchev–Trinajstić information content (AvgIpc) is 3.16. The standard InChI is InChI=1S/C13H16N8/c1-3-4-15-12-17-11(10-7-16-20(2)8-10)18-13(19-12)21-6-5-14-9-21/h5-9H,3-4H2,1-2H3,(H,15,17,18,19). The molecule has 0 aromatic carbocycles. The molecule has 108 valence electrons. The van der Waals surface area contributed by atoms with Gasteiger partial charge in [0.1, 0.15) is 6.33 Å². The highest BCUT2D eigenvalue weighted by Gasteiger charge is 2.11. The molecule has 21 heavy (non-hydrogen) atoms. The lowest BCUT2D eigenvalue weighted by Gasteiger charge is -2.07. The van der Waals surface area contributed by atoms with Gasteiger partial charge < -0.3 is 5.32 Å². The summed E-state index contributed by atoms with van der Waals surface area (Å²) in [5, 5.41) is 7.34. The third-order valence-electron chi connectivity index (χ3n) is 2.86. The van der Waals surface area contributed by atoms with Crippen LogP contribution in [-0.4, -0.2) is 40.8 Å². The highest BCUT2D eigenvalue weighted by Crippen LogP contribution is 2.16. The molecule has 0 saturated carbocycles. The molecule has 0 spiro atoms. The van der Waals surface area contributed by atoms with Crippen molar-refractivity contribution in [3.05, 3.63) is 31.1 Å². The van der Waals surface area contributed by atoms with Crippen molar-refractivity contribution in [1.29, 1.82) is 0 Å². The van der Waals surface area contributed by atoms with E-state index in [-0.39, 0.29) is 0 Å². The minimum Gasteiger partial charge on any atom is -0.354 e. The summed E-state index contributed by atoms with van der Waals surface area (Å²) in [5.74, 6) is 1.66. The molecule has 0 aliphatic carbocycles. The van der Waals surface area contributed by atoms with E-state index in [0.717, 1.165) is 18.5 Å². The molecule has 0 radical (unpaired) electrons. The second-order valence-corrected chi connectivity index (χ2v) is 4.58. The molecule has 0 bridgehead atoms. The summed E-state index contributed by atoms with van der Waals surface area (Å²) in [4.78, 5) is 17.3. The van der Waals surface area contributed by atoms with E-state index >= 15 is 0 Å². The van der Waals surface area contributed by atoms with Gasteiger partial charge in [0.25, 0.3) is 0 Å². The molecule has 0 atom stereocenters. The third kappa shape index (κ3) is 2.88. The van der Waals surface area contributed by atoms with E-state index in [0.29, 0.717) is 17.7 Å². The molecule has 8 nitrogen and oxygen atoms in total. The van der Waals surface area contributed by atoms with Crippen molar-refractivity contribution in [3.63, 3.8) is 0 Å². The normalized spacial score (nSPS) is 10.8. The lowest BCUT2D eigenvalue weighted by molar-refractivity contribution is 0.768. The van der Waals surface area contributed by atoms with Crippen LogP contribution in [0.1, 0.15) is 13.3 Å². The van der Waals surface area contributed by atoms with Gasteiger partial charge in [-0.15, -0.1) is 0 Å². The van der Waals surface area contributed by atoms with Crippen molar-refractivity contribution in [3.8, 4) is 17.3 Å². The fourth-order valence-electron chi connectivity index (χ4n) is 1.84. The Morgan fingerprint density at radius 2 is 2.14 bits per heavy atom. The minimum absolute atomic E-state index is 0.528. The highest BCUT2D eigenvalue weighted by molar-refractivity contribution is 5.54. The summed E-state index contributed by atoms with van der Waals surface area (Å²) in [5.41, 5.74) is 0.848. The topological polar surface area (TPSA) is 86.3 Å². The molecule has 0 unspecified atom stereocenters. The zero-order valence-electron chi connectivity index (χ0n) is 11.9. The number of anilines is 1. The smallest absolute Gasteiger partial charge is 0.240 e. The molecule has 3 rings (SSSR count). The van der Waals surface area contributed by atoms with Crippen molar-refractivity contribution < 1.29 is 0 Å². The molecule has 3 heterocycles. The summed E-state index contributed by atoms with van der Waals surface area (Å²) < 4.78 is 3.47. The van der Waals surface area contributed by atoms with Gasteiger partial charge in [0.15, 0.2) is 5.82 Å². The van der Waals surface area contributed by atoms with E-state index < -0.39 is 0 Å². The number of nitrogens with one attached hydrogen (secondary N) is 1. The molecule has 0 amide bonds. The van der Waals surface area contributed by atoms with Crippen molar-refractivity contribution in [2.24, 2.45) is 7.05 Å². The molecule has 0 fully saturated rings. The summed E-state index contributed by atoms with van der Waals surface area (Å²) in [6.07, 6.45) is 9.74. The first-order chi connectivity index (χ1) is 10.3. The molecule has 0 aliphatic heterocycles. The maximum Gasteiger partial charge on any atom is 0.240 e. The molecule has 8 heteroatoms. The van der Waals surface area contributed by atoms with Crippen LogP contribution in [0.4, 0.5) is 5.95 Å². The molecule has 3 aromatic heterocycles. The zero-order valence-corrected chi connectivity index (χ0v) is 11.9. The quantitative estimate of drug-likeness (QED) is 0.759. The maximum atomic E-state index is 4.47. The maximum absolute atomic E-state index is 4.47. The van der Waals surface area contributed by atoms with Gasteiger partial charge in [-0.3, -0.25) is 9.25 Å². The number of hydrogen-bond acceptors (Lipinski definition) is 6. The van der Waals surface area contributed by atoms with E-state index in [2.05, 4.69) is 37.3 Å². The van der Waals surface area contributed by atoms with Gasteiger partial charge in [-0.1, -0.05) is 6.92 Å². The number of aryl methyl sites for hydroxylation is 1. The van der Waals surface area contributed by atoms with Gasteiger partial charge >= 0.3 is 0 Å². The second kappa shape index (κ2) is 5.70. The van der Waals surface area contributed by atoms with E-state index in [4.69, 9.17) is 0 Å². The molecule has 3 aromatic rings. The van der Waals surface area contributed by atoms with Crippen molar-refractivity contribution in [1.82, 2.24) is 34.3 Å². The van der Waals surface area contributed by atoms with Crippen LogP contribution >= 0.6 is 0 Å². The lowest BCUT2D eigenvalue weighted by atomic mass is 10.3. The predicted molar refractivity (Wildman–Crippen MR) is 77.9 cm³/mol. The molecule has 0 aliphatic rings. The first kappa shape index (κ1) is 13.2. The Morgan fingerprint density at radius 1 is 1.24 bits per heavy atom. The predicted octanol–water partition coefficient (Wildman–Crippen LogP) is 1.28. The second-order valence-electron chi connectivity index (χ2n) is 4.58. The number of nitrogens with zero attached hydrogens (tertiary/aromatic N) is 7. The van der Waals surface area contributed by atoms with Gasteiger partial charge in [-0.25, -0.2) is 4.98 Å². The highest BCUT2D eigenvalue weighted by atomic mass is 15.3. The van der Waals surface area contributed by atoms with E-state index in [9.17, 15) is 0 Å². The van der Waals surface area contributed by atoms with Gasteiger partial charge in [-0.05, 0) is 6.42 Å². The summed E-state index contributed by atoms with van der Waals surface area (Å²) in [6.45, 7) is 2.90. The fraction of sp³-hybridized carbons (Fsp3) is 0.308. The first-order valence-electron chi connectivity index (χ1n) is 6.73. The lowest BCUT2D eigenvalue weighted by Crippen LogP contribution is -2.09. The van der Waals surface area contributed by atoms with Crippen LogP contribution in [0.15, 0.2) is 31.1 Å². The van der Waals surface area contributed by atoms with Gasteiger partial charge in [0.05, 0.1) is 11.8 Å². The third-order valence-corrected chi connectivity index (χ3v) is 2.86. The van der Waals surface area contributed by atoms with Crippen LogP contribution in [0, 0.1) is 0 Å². The van der Waals surface area contributed by atoms with Crippen LogP contribution in [0.25, 0.3) is 17.3 Å². The Kier molecular flexibility index (Phi) is 3.59. The minimum atomic E-state index is 0.528. The van der Waals surface area contributed by atoms with Crippen molar-refractivity contribution in [2.45, 2.75) is 13.3 Å². The Bertz CT molecular complexity index is 716. The summed E-state index contributed by atoms with van der Waals surface area (Å²) in [6, 6.07) is 0. The van der Waals surface area contributed by atoms with Gasteiger partial charge in [-0.2, -0.15) is 20.1 Å². The Hall–Kier alpha value is -2.77. The van der Waals surface area contributed by atoms with E-state index in [1.165, 1.54) is 0 Å². The zero-order chi connectivity index (χ0) is 14.7. The Balaban J connectivity index is 2.04. The molecule has 1 N–H and O–H groups in total. The number of hydrogen-bond donors (Lipinski definition) is 1.